The van der Waals surface area contributed by atoms with Gasteiger partial charge in [-0.1, -0.05) is 15.9 Å². The van der Waals surface area contributed by atoms with Gasteiger partial charge in [0.05, 0.1) is 6.10 Å². The fourth-order valence-electron chi connectivity index (χ4n) is 1.30. The second-order valence-corrected chi connectivity index (χ2v) is 3.55. The van der Waals surface area contributed by atoms with E-state index >= 15 is 0 Å². The highest BCUT2D eigenvalue weighted by molar-refractivity contribution is 9.09. The summed E-state index contributed by atoms with van der Waals surface area (Å²) in [4.78, 5) is 0. The fraction of sp³-hybridized carbons (Fsp3) is 1.00. The summed E-state index contributed by atoms with van der Waals surface area (Å²) >= 11 is 3.10. The number of aliphatic hydroxyl groups is 3. The molecule has 0 aromatic carbocycles. The predicted molar refractivity (Wildman–Crippen MR) is 47.5 cm³/mol. The van der Waals surface area contributed by atoms with Gasteiger partial charge in [-0.05, 0) is 0 Å². The molecule has 0 amide bonds. The minimum Gasteiger partial charge on any atom is -0.388 e. The lowest BCUT2D eigenvalue weighted by atomic mass is 10.00. The largest absolute Gasteiger partial charge is 0.388 e. The molecule has 13 heavy (non-hydrogen) atoms. The Kier molecular flexibility index (Phi) is 4.08. The molecule has 6 heteroatoms. The van der Waals surface area contributed by atoms with Crippen molar-refractivity contribution >= 4 is 15.9 Å². The van der Waals surface area contributed by atoms with Crippen molar-refractivity contribution < 1.29 is 24.8 Å². The van der Waals surface area contributed by atoms with Crippen LogP contribution in [0.25, 0.3) is 0 Å². The Morgan fingerprint density at radius 3 is 2.38 bits per heavy atom. The van der Waals surface area contributed by atoms with E-state index in [0.717, 1.165) is 0 Å². The van der Waals surface area contributed by atoms with E-state index in [-0.39, 0.29) is 0 Å². The predicted octanol–water partition coefficient (Wildman–Crippen LogP) is -1.16. The van der Waals surface area contributed by atoms with Crippen LogP contribution in [0.1, 0.15) is 0 Å². The highest BCUT2D eigenvalue weighted by atomic mass is 79.9. The van der Waals surface area contributed by atoms with Gasteiger partial charge in [-0.2, -0.15) is 0 Å². The summed E-state index contributed by atoms with van der Waals surface area (Å²) in [5.74, 6) is 0. The quantitative estimate of drug-likeness (QED) is 0.543. The summed E-state index contributed by atoms with van der Waals surface area (Å²) in [5, 5.41) is 28.6. The van der Waals surface area contributed by atoms with Crippen molar-refractivity contribution in [2.45, 2.75) is 30.7 Å². The molecule has 1 rings (SSSR count). The van der Waals surface area contributed by atoms with Gasteiger partial charge in [-0.3, -0.25) is 0 Å². The van der Waals surface area contributed by atoms with E-state index in [4.69, 9.17) is 9.47 Å². The Bertz CT molecular complexity index is 167. The Morgan fingerprint density at radius 2 is 1.92 bits per heavy atom. The van der Waals surface area contributed by atoms with E-state index in [2.05, 4.69) is 15.9 Å². The van der Waals surface area contributed by atoms with Crippen molar-refractivity contribution in [3.05, 3.63) is 0 Å². The number of methoxy groups -OCH3 is 1. The zero-order valence-electron chi connectivity index (χ0n) is 7.13. The van der Waals surface area contributed by atoms with Crippen molar-refractivity contribution in [1.82, 2.24) is 0 Å². The molecule has 1 aliphatic rings. The van der Waals surface area contributed by atoms with Gasteiger partial charge in [0.15, 0.2) is 6.29 Å². The summed E-state index contributed by atoms with van der Waals surface area (Å²) in [6.07, 6.45) is -4.89. The molecule has 1 saturated heterocycles. The molecule has 1 aliphatic heterocycles. The lowest BCUT2D eigenvalue weighted by Gasteiger charge is -2.39. The molecular formula is C7H13BrO5. The van der Waals surface area contributed by atoms with Crippen LogP contribution in [-0.2, 0) is 9.47 Å². The summed E-state index contributed by atoms with van der Waals surface area (Å²) in [7, 11) is 1.33. The zero-order valence-corrected chi connectivity index (χ0v) is 8.72. The molecule has 0 aliphatic carbocycles. The monoisotopic (exact) mass is 256 g/mol. The lowest BCUT2D eigenvalue weighted by Crippen LogP contribution is -2.58. The molecule has 0 aromatic heterocycles. The van der Waals surface area contributed by atoms with E-state index < -0.39 is 30.7 Å². The van der Waals surface area contributed by atoms with Crippen LogP contribution < -0.4 is 0 Å². The molecule has 0 unspecified atom stereocenters. The van der Waals surface area contributed by atoms with Gasteiger partial charge in [0, 0.05) is 12.4 Å². The highest BCUT2D eigenvalue weighted by Gasteiger charge is 2.43. The summed E-state index contributed by atoms with van der Waals surface area (Å²) in [5.41, 5.74) is 0. The molecule has 0 aromatic rings. The molecule has 1 heterocycles. The Balaban J connectivity index is 2.66. The Labute approximate surface area is 84.4 Å². The van der Waals surface area contributed by atoms with Crippen molar-refractivity contribution in [1.29, 1.82) is 0 Å². The summed E-state index contributed by atoms with van der Waals surface area (Å²) in [6, 6.07) is 0. The number of ether oxygens (including phenoxy) is 2. The SMILES string of the molecule is CO[C@@H]1[C@@H](O)[C@H](O)[C@@H](CBr)O[C@@H]1O. The van der Waals surface area contributed by atoms with Gasteiger partial charge >= 0.3 is 0 Å². The number of aliphatic hydroxyl groups excluding tert-OH is 3. The summed E-state index contributed by atoms with van der Waals surface area (Å²) in [6.45, 7) is 0. The molecule has 5 atom stereocenters. The van der Waals surface area contributed by atoms with E-state index in [1.54, 1.807) is 0 Å². The third-order valence-electron chi connectivity index (χ3n) is 2.09. The third kappa shape index (κ3) is 2.20. The maximum Gasteiger partial charge on any atom is 0.184 e. The third-order valence-corrected chi connectivity index (χ3v) is 2.73. The number of hydrogen-bond donors (Lipinski definition) is 3. The van der Waals surface area contributed by atoms with Crippen LogP contribution in [0.5, 0.6) is 0 Å². The molecular weight excluding hydrogens is 244 g/mol. The van der Waals surface area contributed by atoms with Crippen LogP contribution in [-0.4, -0.2) is 58.5 Å². The first-order chi connectivity index (χ1) is 6.11. The zero-order chi connectivity index (χ0) is 10.0. The van der Waals surface area contributed by atoms with Crippen LogP contribution in [0, 0.1) is 0 Å². The summed E-state index contributed by atoms with van der Waals surface area (Å²) < 4.78 is 9.77. The molecule has 0 bridgehead atoms. The molecule has 0 spiro atoms. The number of rotatable bonds is 2. The second-order valence-electron chi connectivity index (χ2n) is 2.90. The Morgan fingerprint density at radius 1 is 1.31 bits per heavy atom. The standard InChI is InChI=1S/C7H13BrO5/c1-12-6-5(10)4(9)3(2-8)13-7(6)11/h3-7,9-11H,2H2,1H3/t3-,4-,5+,6-,7+/m1/s1. The first kappa shape index (κ1) is 11.4. The van der Waals surface area contributed by atoms with Gasteiger partial charge in [-0.25, -0.2) is 0 Å². The maximum atomic E-state index is 9.47. The molecule has 5 nitrogen and oxygen atoms in total. The van der Waals surface area contributed by atoms with Crippen LogP contribution in [0.3, 0.4) is 0 Å². The minimum atomic E-state index is -1.20. The smallest absolute Gasteiger partial charge is 0.184 e. The maximum absolute atomic E-state index is 9.47. The molecule has 3 N–H and O–H groups in total. The van der Waals surface area contributed by atoms with Gasteiger partial charge in [0.2, 0.25) is 0 Å². The van der Waals surface area contributed by atoms with E-state index in [1.165, 1.54) is 7.11 Å². The molecule has 0 saturated carbocycles. The first-order valence-corrected chi connectivity index (χ1v) is 5.02. The Hall–Kier alpha value is 0.280. The van der Waals surface area contributed by atoms with Gasteiger partial charge in [0.25, 0.3) is 0 Å². The van der Waals surface area contributed by atoms with Crippen molar-refractivity contribution in [3.63, 3.8) is 0 Å². The average Bonchev–Trinajstić information content (AvgIpc) is 2.12. The van der Waals surface area contributed by atoms with Gasteiger partial charge < -0.3 is 24.8 Å². The van der Waals surface area contributed by atoms with Crippen molar-refractivity contribution in [3.8, 4) is 0 Å². The van der Waals surface area contributed by atoms with Crippen molar-refractivity contribution in [2.24, 2.45) is 0 Å². The second kappa shape index (κ2) is 4.68. The van der Waals surface area contributed by atoms with Gasteiger partial charge in [0.1, 0.15) is 18.3 Å². The van der Waals surface area contributed by atoms with E-state index in [0.29, 0.717) is 5.33 Å². The fourth-order valence-corrected chi connectivity index (χ4v) is 1.84. The van der Waals surface area contributed by atoms with E-state index in [1.807, 2.05) is 0 Å². The van der Waals surface area contributed by atoms with Crippen LogP contribution >= 0.6 is 15.9 Å². The average molecular weight is 257 g/mol. The van der Waals surface area contributed by atoms with Gasteiger partial charge in [-0.15, -0.1) is 0 Å². The number of halogens is 1. The first-order valence-electron chi connectivity index (χ1n) is 3.90. The van der Waals surface area contributed by atoms with E-state index in [9.17, 15) is 15.3 Å². The number of hydrogen-bond acceptors (Lipinski definition) is 5. The lowest BCUT2D eigenvalue weighted by molar-refractivity contribution is -0.281. The van der Waals surface area contributed by atoms with Crippen LogP contribution in [0.15, 0.2) is 0 Å². The molecule has 78 valence electrons. The molecule has 0 radical (unpaired) electrons. The van der Waals surface area contributed by atoms with Crippen LogP contribution in [0.4, 0.5) is 0 Å². The minimum absolute atomic E-state index is 0.346. The topological polar surface area (TPSA) is 79.2 Å². The van der Waals surface area contributed by atoms with Crippen molar-refractivity contribution in [2.75, 3.05) is 12.4 Å². The normalized spacial score (nSPS) is 46.4. The molecule has 1 fully saturated rings. The van der Waals surface area contributed by atoms with Crippen LogP contribution in [0.2, 0.25) is 0 Å². The highest BCUT2D eigenvalue weighted by Crippen LogP contribution is 2.22. The number of alkyl halides is 1.